The van der Waals surface area contributed by atoms with Gasteiger partial charge in [-0.1, -0.05) is 36.4 Å². The van der Waals surface area contributed by atoms with Crippen molar-refractivity contribution in [2.24, 2.45) is 21.6 Å². The maximum atomic E-state index is 13.8. The molecule has 0 aromatic heterocycles. The molecule has 11 nitrogen and oxygen atoms in total. The van der Waals surface area contributed by atoms with E-state index < -0.39 is 17.3 Å². The number of amides is 2. The predicted molar refractivity (Wildman–Crippen MR) is 196 cm³/mol. The summed E-state index contributed by atoms with van der Waals surface area (Å²) >= 11 is 0. The fourth-order valence-corrected chi connectivity index (χ4v) is 6.49. The van der Waals surface area contributed by atoms with E-state index in [4.69, 9.17) is 16.9 Å². The van der Waals surface area contributed by atoms with Gasteiger partial charge in [0.05, 0.1) is 35.4 Å². The molecule has 270 valence electrons. The summed E-state index contributed by atoms with van der Waals surface area (Å²) < 4.78 is 40.0. The topological polar surface area (TPSA) is 168 Å². The third kappa shape index (κ3) is 8.38. The number of benzene rings is 3. The van der Waals surface area contributed by atoms with Crippen molar-refractivity contribution < 1.29 is 22.8 Å². The van der Waals surface area contributed by atoms with Crippen LogP contribution in [0.4, 0.5) is 24.5 Å². The fourth-order valence-electron chi connectivity index (χ4n) is 6.49. The van der Waals surface area contributed by atoms with Crippen molar-refractivity contribution >= 4 is 46.6 Å². The Balaban J connectivity index is 1.19. The molecular formula is C38H40F3N9O2. The van der Waals surface area contributed by atoms with Gasteiger partial charge in [0.2, 0.25) is 11.8 Å². The second-order valence-corrected chi connectivity index (χ2v) is 12.6. The number of alkyl halides is 3. The molecule has 5 rings (SSSR count). The van der Waals surface area contributed by atoms with Crippen LogP contribution in [0.25, 0.3) is 5.57 Å². The van der Waals surface area contributed by atoms with E-state index in [2.05, 4.69) is 16.1 Å². The molecule has 1 saturated heterocycles. The van der Waals surface area contributed by atoms with Crippen LogP contribution >= 0.6 is 0 Å². The highest BCUT2D eigenvalue weighted by atomic mass is 19.4. The van der Waals surface area contributed by atoms with Crippen molar-refractivity contribution in [3.8, 4) is 6.07 Å². The Labute approximate surface area is 300 Å². The molecule has 2 heterocycles. The predicted octanol–water partition coefficient (Wildman–Crippen LogP) is 4.93. The summed E-state index contributed by atoms with van der Waals surface area (Å²) in [5.74, 6) is -0.112. The summed E-state index contributed by atoms with van der Waals surface area (Å²) in [6.07, 6.45) is 0.0352. The van der Waals surface area contributed by atoms with Gasteiger partial charge in [0.1, 0.15) is 12.2 Å². The Morgan fingerprint density at radius 2 is 1.83 bits per heavy atom. The van der Waals surface area contributed by atoms with Crippen molar-refractivity contribution in [3.05, 3.63) is 100 Å². The smallest absolute Gasteiger partial charge is 0.398 e. The molecule has 3 aromatic rings. The summed E-state index contributed by atoms with van der Waals surface area (Å²) in [6.45, 7) is 4.43. The number of likely N-dealkylation sites (tertiary alicyclic amines) is 1. The van der Waals surface area contributed by atoms with Gasteiger partial charge in [-0.05, 0) is 67.8 Å². The molecule has 1 atom stereocenters. The molecule has 0 bridgehead atoms. The first-order chi connectivity index (χ1) is 24.8. The summed E-state index contributed by atoms with van der Waals surface area (Å²) in [7, 11) is 1.62. The van der Waals surface area contributed by atoms with Crippen molar-refractivity contribution in [3.63, 3.8) is 0 Å². The minimum Gasteiger partial charge on any atom is -0.398 e. The van der Waals surface area contributed by atoms with Gasteiger partial charge < -0.3 is 21.3 Å². The maximum absolute atomic E-state index is 13.8. The average molecular weight is 712 g/mol. The lowest BCUT2D eigenvalue weighted by Gasteiger charge is -2.29. The number of nitriles is 1. The lowest BCUT2D eigenvalue weighted by atomic mass is 9.96. The van der Waals surface area contributed by atoms with E-state index in [0.29, 0.717) is 57.1 Å². The number of nitrogen functional groups attached to an aromatic ring is 1. The van der Waals surface area contributed by atoms with Crippen molar-refractivity contribution in [1.82, 2.24) is 9.80 Å². The van der Waals surface area contributed by atoms with Crippen molar-refractivity contribution in [2.75, 3.05) is 56.9 Å². The van der Waals surface area contributed by atoms with Gasteiger partial charge in [-0.15, -0.1) is 0 Å². The van der Waals surface area contributed by atoms with Crippen LogP contribution in [0.3, 0.4) is 0 Å². The molecule has 0 spiro atoms. The molecular weight excluding hydrogens is 671 g/mol. The summed E-state index contributed by atoms with van der Waals surface area (Å²) in [5.41, 5.74) is 14.3. The summed E-state index contributed by atoms with van der Waals surface area (Å²) in [5, 5.41) is 18.0. The zero-order chi connectivity index (χ0) is 37.6. The molecule has 52 heavy (non-hydrogen) atoms. The number of hydrogen-bond acceptors (Lipinski definition) is 7. The van der Waals surface area contributed by atoms with Crippen LogP contribution in [0.2, 0.25) is 0 Å². The van der Waals surface area contributed by atoms with E-state index in [1.165, 1.54) is 6.34 Å². The van der Waals surface area contributed by atoms with Crippen molar-refractivity contribution in [2.45, 2.75) is 25.9 Å². The largest absolute Gasteiger partial charge is 0.417 e. The molecule has 3 aromatic carbocycles. The average Bonchev–Trinajstić information content (AvgIpc) is 3.62. The van der Waals surface area contributed by atoms with Gasteiger partial charge in [-0.3, -0.25) is 24.9 Å². The standard InChI is InChI=1S/C38H40F3N9O2/c1-3-50(30-9-11-33(43)31(19-30)35(44)27-8-10-32(38(39,40)41)29(18-27)20-42)37(52)28-12-15-48(21-28)22-34(51)49-16-13-25(14-17-49)24-4-6-26(7-5-24)36(45)47-23-46-2/h4-11,13,18-19,23,28,44H,3,12,14-17,21-22,43H2,1-2H3,(H2,45,46,47)/t28-/m1/s1. The van der Waals surface area contributed by atoms with E-state index in [-0.39, 0.29) is 46.8 Å². The number of halogens is 3. The molecule has 14 heteroatoms. The van der Waals surface area contributed by atoms with Crippen LogP contribution in [0.1, 0.15) is 53.1 Å². The van der Waals surface area contributed by atoms with Gasteiger partial charge >= 0.3 is 6.18 Å². The lowest BCUT2D eigenvalue weighted by molar-refractivity contribution is -0.137. The summed E-state index contributed by atoms with van der Waals surface area (Å²) in [4.78, 5) is 40.3. The first-order valence-corrected chi connectivity index (χ1v) is 16.8. The van der Waals surface area contributed by atoms with Crippen LogP contribution in [0.15, 0.2) is 76.7 Å². The Morgan fingerprint density at radius 3 is 2.46 bits per heavy atom. The second-order valence-electron chi connectivity index (χ2n) is 12.6. The quantitative estimate of drug-likeness (QED) is 0.153. The van der Waals surface area contributed by atoms with Crippen LogP contribution in [0, 0.1) is 22.7 Å². The molecule has 1 fully saturated rings. The molecule has 5 N–H and O–H groups in total. The van der Waals surface area contributed by atoms with E-state index in [1.807, 2.05) is 41.0 Å². The molecule has 0 aliphatic carbocycles. The number of anilines is 2. The SMILES string of the molecule is CCN(C(=O)[C@@H]1CCN(CC(=O)N2CC=C(c3ccc(C(N)=NC=NC)cc3)CC2)C1)c1ccc(N)c(C(=N)c2ccc(C(F)(F)F)c(C#N)c2)c1. The molecule has 0 unspecified atom stereocenters. The number of hydrogen-bond donors (Lipinski definition) is 3. The Kier molecular flexibility index (Phi) is 11.5. The van der Waals surface area contributed by atoms with E-state index in [1.54, 1.807) is 36.2 Å². The highest BCUT2D eigenvalue weighted by Gasteiger charge is 2.35. The summed E-state index contributed by atoms with van der Waals surface area (Å²) in [6, 6.07) is 17.1. The Morgan fingerprint density at radius 1 is 1.10 bits per heavy atom. The highest BCUT2D eigenvalue weighted by molar-refractivity contribution is 6.15. The normalized spacial score (nSPS) is 16.8. The van der Waals surface area contributed by atoms with E-state index in [0.717, 1.165) is 34.9 Å². The van der Waals surface area contributed by atoms with Gasteiger partial charge in [0.15, 0.2) is 0 Å². The van der Waals surface area contributed by atoms with Gasteiger partial charge in [0, 0.05) is 61.3 Å². The molecule has 0 saturated carbocycles. The number of nitrogens with zero attached hydrogens (tertiary/aromatic N) is 6. The Hall–Kier alpha value is -5.81. The number of rotatable bonds is 10. The lowest BCUT2D eigenvalue weighted by Crippen LogP contribution is -2.42. The van der Waals surface area contributed by atoms with Crippen LogP contribution in [-0.2, 0) is 15.8 Å². The van der Waals surface area contributed by atoms with Crippen LogP contribution in [-0.4, -0.2) is 85.8 Å². The number of nitrogens with two attached hydrogens (primary N) is 2. The number of carbonyl (C=O) groups is 2. The monoisotopic (exact) mass is 711 g/mol. The molecule has 0 radical (unpaired) electrons. The molecule has 2 aliphatic rings. The first-order valence-electron chi connectivity index (χ1n) is 16.8. The van der Waals surface area contributed by atoms with E-state index >= 15 is 0 Å². The third-order valence-electron chi connectivity index (χ3n) is 9.34. The fraction of sp³-hybridized carbons (Fsp3) is 0.316. The van der Waals surface area contributed by atoms with E-state index in [9.17, 15) is 28.0 Å². The minimum atomic E-state index is -4.71. The van der Waals surface area contributed by atoms with Crippen molar-refractivity contribution in [1.29, 1.82) is 10.7 Å². The zero-order valence-corrected chi connectivity index (χ0v) is 29.0. The minimum absolute atomic E-state index is 0.00261. The first kappa shape index (κ1) is 37.4. The number of carbonyl (C=O) groups excluding carboxylic acids is 2. The number of amidine groups is 1. The van der Waals surface area contributed by atoms with Gasteiger partial charge in [-0.25, -0.2) is 4.99 Å². The molecule has 2 aliphatic heterocycles. The van der Waals surface area contributed by atoms with Gasteiger partial charge in [-0.2, -0.15) is 18.4 Å². The number of aliphatic imine (C=N–C) groups is 2. The van der Waals surface area contributed by atoms with Gasteiger partial charge in [0.25, 0.3) is 0 Å². The molecule has 2 amide bonds. The Bertz CT molecular complexity index is 1980. The highest BCUT2D eigenvalue weighted by Crippen LogP contribution is 2.33. The van der Waals surface area contributed by atoms with Crippen LogP contribution in [0.5, 0.6) is 0 Å². The maximum Gasteiger partial charge on any atom is 0.417 e. The third-order valence-corrected chi connectivity index (χ3v) is 9.34. The second kappa shape index (κ2) is 16.0. The zero-order valence-electron chi connectivity index (χ0n) is 29.0. The van der Waals surface area contributed by atoms with Crippen LogP contribution < -0.4 is 16.4 Å². The number of nitrogens with one attached hydrogen (secondary N) is 1.